The van der Waals surface area contributed by atoms with Crippen LogP contribution in [0.3, 0.4) is 0 Å². The van der Waals surface area contributed by atoms with Crippen LogP contribution in [0.1, 0.15) is 84.0 Å². The van der Waals surface area contributed by atoms with Gasteiger partial charge < -0.3 is 8.74 Å². The maximum Gasteiger partial charge on any atom is 0.0842 e. The van der Waals surface area contributed by atoms with Gasteiger partial charge in [-0.25, -0.2) is 4.21 Å². The lowest BCUT2D eigenvalue weighted by molar-refractivity contribution is 0.290. The highest BCUT2D eigenvalue weighted by Crippen LogP contribution is 2.11. The molecule has 0 aliphatic heterocycles. The molecule has 0 N–H and O–H groups in total. The fourth-order valence-electron chi connectivity index (χ4n) is 2.07. The summed E-state index contributed by atoms with van der Waals surface area (Å²) in [5, 5.41) is 0. The third-order valence-corrected chi connectivity index (χ3v) is 3.54. The van der Waals surface area contributed by atoms with Crippen LogP contribution in [0.2, 0.25) is 0 Å². The van der Waals surface area contributed by atoms with Crippen molar-refractivity contribution in [2.24, 2.45) is 0 Å². The van der Waals surface area contributed by atoms with E-state index in [9.17, 15) is 8.76 Å². The summed E-state index contributed by atoms with van der Waals surface area (Å²) in [6.45, 7) is 2.59. The molecule has 0 fully saturated rings. The normalized spacial score (nSPS) is 12.8. The zero-order chi connectivity index (χ0) is 13.5. The van der Waals surface area contributed by atoms with Crippen molar-refractivity contribution < 1.29 is 12.9 Å². The zero-order valence-electron chi connectivity index (χ0n) is 11.8. The molecule has 0 aliphatic rings. The summed E-state index contributed by atoms with van der Waals surface area (Å²) in [6, 6.07) is 0. The maximum absolute atomic E-state index is 10.1. The van der Waals surface area contributed by atoms with Gasteiger partial charge in [-0.3, -0.25) is 0 Å². The highest BCUT2D eigenvalue weighted by atomic mass is 32.2. The molecule has 0 amide bonds. The van der Waals surface area contributed by atoms with E-state index < -0.39 is 11.4 Å². The van der Waals surface area contributed by atoms with Gasteiger partial charge in [0.1, 0.15) is 0 Å². The Morgan fingerprint density at radius 3 is 1.56 bits per heavy atom. The summed E-state index contributed by atoms with van der Waals surface area (Å²) in [5.41, 5.74) is 0. The Morgan fingerprint density at radius 2 is 1.17 bits per heavy atom. The summed E-state index contributed by atoms with van der Waals surface area (Å²) in [6.07, 6.45) is 15.4. The molecule has 0 heterocycles. The molecular weight excluding hydrogens is 248 g/mol. The Hall–Kier alpha value is 0.0700. The Labute approximate surface area is 115 Å². The van der Waals surface area contributed by atoms with Crippen molar-refractivity contribution in [3.05, 3.63) is 0 Å². The lowest BCUT2D eigenvalue weighted by Crippen LogP contribution is -1.97. The molecule has 1 atom stereocenters. The summed E-state index contributed by atoms with van der Waals surface area (Å²) >= 11 is -2.33. The second kappa shape index (κ2) is 15.1. The average molecular weight is 277 g/mol. The van der Waals surface area contributed by atoms with Crippen LogP contribution in [0, 0.1) is 0 Å². The van der Waals surface area contributed by atoms with E-state index in [1.54, 1.807) is 0 Å². The molecule has 110 valence electrons. The van der Waals surface area contributed by atoms with Crippen LogP contribution in [-0.2, 0) is 15.5 Å². The van der Waals surface area contributed by atoms with Gasteiger partial charge in [0.15, 0.2) is 0 Å². The summed E-state index contributed by atoms with van der Waals surface area (Å²) in [5.74, 6) is 0. The van der Waals surface area contributed by atoms with Crippen molar-refractivity contribution in [3.63, 3.8) is 0 Å². The van der Waals surface area contributed by atoms with Crippen molar-refractivity contribution >= 4 is 11.4 Å². The quantitative estimate of drug-likeness (QED) is 0.347. The molecule has 0 aromatic rings. The lowest BCUT2D eigenvalue weighted by Gasteiger charge is -2.05. The minimum atomic E-state index is -2.33. The molecule has 0 aliphatic carbocycles. The molecule has 3 nitrogen and oxygen atoms in total. The van der Waals surface area contributed by atoms with Crippen molar-refractivity contribution in [3.8, 4) is 0 Å². The van der Waals surface area contributed by atoms with Crippen LogP contribution in [0.4, 0.5) is 0 Å². The zero-order valence-corrected chi connectivity index (χ0v) is 12.6. The molecule has 0 bridgehead atoms. The van der Waals surface area contributed by atoms with Gasteiger partial charge in [-0.15, -0.1) is 0 Å². The van der Waals surface area contributed by atoms with Gasteiger partial charge in [-0.05, 0) is 6.42 Å². The van der Waals surface area contributed by atoms with Crippen LogP contribution in [0.25, 0.3) is 0 Å². The van der Waals surface area contributed by atoms with Crippen molar-refractivity contribution in [1.82, 2.24) is 0 Å². The number of unbranched alkanes of at least 4 members (excludes halogenated alkanes) is 11. The van der Waals surface area contributed by atoms with Crippen LogP contribution in [-0.4, -0.2) is 15.4 Å². The third kappa shape index (κ3) is 16.1. The molecule has 0 rings (SSSR count). The Balaban J connectivity index is 2.92. The summed E-state index contributed by atoms with van der Waals surface area (Å²) < 4.78 is 24.6. The third-order valence-electron chi connectivity index (χ3n) is 3.18. The molecular formula is C14H29O3S-. The van der Waals surface area contributed by atoms with E-state index in [4.69, 9.17) is 0 Å². The highest BCUT2D eigenvalue weighted by molar-refractivity contribution is 7.74. The van der Waals surface area contributed by atoms with Crippen molar-refractivity contribution in [2.45, 2.75) is 84.0 Å². The first-order valence-electron chi connectivity index (χ1n) is 7.50. The molecule has 0 spiro atoms. The first-order chi connectivity index (χ1) is 8.77. The van der Waals surface area contributed by atoms with Gasteiger partial charge in [0.2, 0.25) is 0 Å². The second-order valence-electron chi connectivity index (χ2n) is 4.92. The van der Waals surface area contributed by atoms with Crippen molar-refractivity contribution in [1.29, 1.82) is 0 Å². The van der Waals surface area contributed by atoms with Gasteiger partial charge in [-0.1, -0.05) is 77.6 Å². The largest absolute Gasteiger partial charge is 0.750 e. The summed E-state index contributed by atoms with van der Waals surface area (Å²) in [4.78, 5) is 0. The minimum Gasteiger partial charge on any atom is -0.750 e. The van der Waals surface area contributed by atoms with Gasteiger partial charge in [-0.2, -0.15) is 0 Å². The fourth-order valence-corrected chi connectivity index (χ4v) is 2.32. The van der Waals surface area contributed by atoms with Crippen molar-refractivity contribution in [2.75, 3.05) is 6.61 Å². The Bertz CT molecular complexity index is 186. The molecule has 0 saturated heterocycles. The van der Waals surface area contributed by atoms with E-state index in [0.717, 1.165) is 12.8 Å². The van der Waals surface area contributed by atoms with Gasteiger partial charge >= 0.3 is 0 Å². The van der Waals surface area contributed by atoms with E-state index in [2.05, 4.69) is 11.1 Å². The molecule has 0 aromatic heterocycles. The number of hydrogen-bond donors (Lipinski definition) is 0. The topological polar surface area (TPSA) is 49.4 Å². The predicted molar refractivity (Wildman–Crippen MR) is 75.9 cm³/mol. The molecule has 0 radical (unpaired) electrons. The first-order valence-corrected chi connectivity index (χ1v) is 8.50. The van der Waals surface area contributed by atoms with E-state index in [-0.39, 0.29) is 0 Å². The second-order valence-corrected chi connectivity index (χ2v) is 5.56. The number of rotatable bonds is 14. The van der Waals surface area contributed by atoms with Crippen LogP contribution < -0.4 is 0 Å². The minimum absolute atomic E-state index is 0.341. The summed E-state index contributed by atoms with van der Waals surface area (Å²) in [7, 11) is 0. The standard InChI is InChI=1S/C14H30O3S/c1-2-3-4-5-6-7-8-9-10-11-12-13-14-17-18(15)16/h2-14H2,1H3,(H,15,16)/p-1. The van der Waals surface area contributed by atoms with Crippen LogP contribution in [0.5, 0.6) is 0 Å². The molecule has 4 heteroatoms. The Kier molecular flexibility index (Phi) is 15.2. The smallest absolute Gasteiger partial charge is 0.0842 e. The number of hydrogen-bond acceptors (Lipinski definition) is 3. The Morgan fingerprint density at radius 1 is 0.778 bits per heavy atom. The molecule has 0 saturated carbocycles. The highest BCUT2D eigenvalue weighted by Gasteiger charge is 1.93. The van der Waals surface area contributed by atoms with Gasteiger partial charge in [0.05, 0.1) is 18.0 Å². The monoisotopic (exact) mass is 277 g/mol. The molecule has 0 aromatic carbocycles. The average Bonchev–Trinajstić information content (AvgIpc) is 2.34. The maximum atomic E-state index is 10.1. The molecule has 1 unspecified atom stereocenters. The van der Waals surface area contributed by atoms with Gasteiger partial charge in [0, 0.05) is 0 Å². The van der Waals surface area contributed by atoms with E-state index in [0.29, 0.717) is 6.61 Å². The fraction of sp³-hybridized carbons (Fsp3) is 1.00. The van der Waals surface area contributed by atoms with Crippen LogP contribution in [0.15, 0.2) is 0 Å². The van der Waals surface area contributed by atoms with E-state index in [1.807, 2.05) is 0 Å². The lowest BCUT2D eigenvalue weighted by atomic mass is 10.1. The van der Waals surface area contributed by atoms with E-state index in [1.165, 1.54) is 64.2 Å². The van der Waals surface area contributed by atoms with E-state index >= 15 is 0 Å². The van der Waals surface area contributed by atoms with Gasteiger partial charge in [0.25, 0.3) is 0 Å². The molecule has 18 heavy (non-hydrogen) atoms. The predicted octanol–water partition coefficient (Wildman–Crippen LogP) is 4.50. The first kappa shape index (κ1) is 18.1. The SMILES string of the molecule is CCCCCCCCCCCCCCOS(=O)[O-]. The van der Waals surface area contributed by atoms with Crippen LogP contribution >= 0.6 is 0 Å².